The van der Waals surface area contributed by atoms with Crippen LogP contribution < -0.4 is 14.9 Å². The number of rotatable bonds is 7. The van der Waals surface area contributed by atoms with Crippen LogP contribution in [0.3, 0.4) is 0 Å². The van der Waals surface area contributed by atoms with Crippen LogP contribution in [-0.4, -0.2) is 67.6 Å². The summed E-state index contributed by atoms with van der Waals surface area (Å²) in [5.74, 6) is 0.581. The molecule has 1 unspecified atom stereocenters. The predicted octanol–water partition coefficient (Wildman–Crippen LogP) is 3.02. The second kappa shape index (κ2) is 10.7. The molecule has 0 radical (unpaired) electrons. The third-order valence-electron chi connectivity index (χ3n) is 5.51. The molecule has 14 heteroatoms. The first kappa shape index (κ1) is 25.0. The van der Waals surface area contributed by atoms with Crippen LogP contribution in [0.1, 0.15) is 17.3 Å². The quantitative estimate of drug-likeness (QED) is 0.201. The van der Waals surface area contributed by atoms with Crippen LogP contribution in [-0.2, 0) is 20.7 Å². The molecule has 37 heavy (non-hydrogen) atoms. The van der Waals surface area contributed by atoms with Gasteiger partial charge in [0.1, 0.15) is 5.00 Å². The van der Waals surface area contributed by atoms with Gasteiger partial charge in [0.05, 0.1) is 35.6 Å². The monoisotopic (exact) mass is 541 g/mol. The van der Waals surface area contributed by atoms with Crippen molar-refractivity contribution in [1.29, 1.82) is 0 Å². The van der Waals surface area contributed by atoms with Crippen molar-refractivity contribution in [2.24, 2.45) is 0 Å². The highest BCUT2D eigenvalue weighted by Crippen LogP contribution is 2.40. The Morgan fingerprint density at radius 3 is 2.57 bits per heavy atom. The van der Waals surface area contributed by atoms with E-state index in [4.69, 9.17) is 25.2 Å². The number of thiophene rings is 1. The summed E-state index contributed by atoms with van der Waals surface area (Å²) in [7, 11) is 0. The van der Waals surface area contributed by atoms with Crippen molar-refractivity contribution in [1.82, 2.24) is 19.9 Å². The third kappa shape index (κ3) is 5.22. The molecule has 4 heterocycles. The highest BCUT2D eigenvalue weighted by Gasteiger charge is 2.25. The minimum absolute atomic E-state index is 0.0555. The van der Waals surface area contributed by atoms with Gasteiger partial charge in [0.25, 0.3) is 11.3 Å². The Bertz CT molecular complexity index is 1440. The molecule has 0 spiro atoms. The van der Waals surface area contributed by atoms with Crippen molar-refractivity contribution in [3.05, 3.63) is 48.3 Å². The molecule has 3 N–H and O–H groups in total. The third-order valence-corrected chi connectivity index (χ3v) is 7.40. The second-order valence-corrected chi connectivity index (χ2v) is 9.77. The van der Waals surface area contributed by atoms with E-state index in [0.717, 1.165) is 14.6 Å². The number of carbonyl (C=O) groups is 1. The molecule has 0 amide bonds. The van der Waals surface area contributed by atoms with Crippen LogP contribution in [0.4, 0.5) is 22.5 Å². The minimum Gasteiger partial charge on any atom is -0.462 e. The Labute approximate surface area is 218 Å². The first-order valence-corrected chi connectivity index (χ1v) is 13.2. The highest BCUT2D eigenvalue weighted by molar-refractivity contribution is 7.81. The van der Waals surface area contributed by atoms with E-state index in [-0.39, 0.29) is 18.1 Å². The predicted molar refractivity (Wildman–Crippen MR) is 141 cm³/mol. The van der Waals surface area contributed by atoms with Crippen molar-refractivity contribution in [2.75, 3.05) is 47.8 Å². The van der Waals surface area contributed by atoms with Crippen LogP contribution >= 0.6 is 11.3 Å². The lowest BCUT2D eigenvalue weighted by Gasteiger charge is -2.28. The molecule has 0 bridgehead atoms. The van der Waals surface area contributed by atoms with Crippen molar-refractivity contribution >= 4 is 61.2 Å². The van der Waals surface area contributed by atoms with E-state index < -0.39 is 17.2 Å². The number of hydrogen-bond acceptors (Lipinski definition) is 11. The fourth-order valence-corrected chi connectivity index (χ4v) is 5.51. The van der Waals surface area contributed by atoms with Crippen LogP contribution in [0.2, 0.25) is 0 Å². The first-order chi connectivity index (χ1) is 17.9. The average Bonchev–Trinajstić information content (AvgIpc) is 3.33. The maximum absolute atomic E-state index is 12.4. The van der Waals surface area contributed by atoms with E-state index in [0.29, 0.717) is 54.2 Å². The van der Waals surface area contributed by atoms with E-state index in [1.54, 1.807) is 25.1 Å². The standard InChI is InChI=1S/C23H23N7O5S2/c1-2-35-22(31)15-12-25-23(26-13-15)30(37(32)33)18-11-17-19(36-18)21(29-7-9-34-10-8-29)28-20(27-17)14-3-5-16(24)6-4-14/h3-6,11-13H,2,7-10,24H2,1H3,(H,32,33). The SMILES string of the molecule is CCOC(=O)c1cnc(N(c2cc3nc(-c4ccc(N)cc4)nc(N4CCOCC4)c3s2)S(=O)O)nc1. The van der Waals surface area contributed by atoms with Gasteiger partial charge in [-0.05, 0) is 31.2 Å². The number of benzene rings is 1. The summed E-state index contributed by atoms with van der Waals surface area (Å²) in [6.45, 7) is 4.32. The minimum atomic E-state index is -2.50. The number of morpholine rings is 1. The molecule has 1 aliphatic rings. The molecule has 1 fully saturated rings. The molecule has 192 valence electrons. The molecule has 4 aromatic rings. The molecular weight excluding hydrogens is 518 g/mol. The Morgan fingerprint density at radius 1 is 1.22 bits per heavy atom. The Balaban J connectivity index is 1.59. The number of nitrogens with zero attached hydrogens (tertiary/aromatic N) is 6. The molecule has 1 saturated heterocycles. The first-order valence-electron chi connectivity index (χ1n) is 11.3. The largest absolute Gasteiger partial charge is 0.462 e. The van der Waals surface area contributed by atoms with E-state index in [9.17, 15) is 13.6 Å². The number of carbonyl (C=O) groups excluding carboxylic acids is 1. The zero-order valence-corrected chi connectivity index (χ0v) is 21.4. The fraction of sp³-hybridized carbons (Fsp3) is 0.261. The summed E-state index contributed by atoms with van der Waals surface area (Å²) in [5.41, 5.74) is 8.00. The molecule has 1 aromatic carbocycles. The van der Waals surface area contributed by atoms with Crippen LogP contribution in [0, 0.1) is 0 Å². The van der Waals surface area contributed by atoms with E-state index in [1.807, 2.05) is 12.1 Å². The lowest BCUT2D eigenvalue weighted by Crippen LogP contribution is -2.36. The Hall–Kier alpha value is -3.72. The van der Waals surface area contributed by atoms with E-state index in [2.05, 4.69) is 14.9 Å². The average molecular weight is 542 g/mol. The molecule has 0 aliphatic carbocycles. The van der Waals surface area contributed by atoms with Crippen molar-refractivity contribution in [2.45, 2.75) is 6.92 Å². The van der Waals surface area contributed by atoms with Crippen LogP contribution in [0.5, 0.6) is 0 Å². The van der Waals surface area contributed by atoms with Gasteiger partial charge >= 0.3 is 5.97 Å². The zero-order chi connectivity index (χ0) is 25.9. The molecule has 3 aromatic heterocycles. The summed E-state index contributed by atoms with van der Waals surface area (Å²) < 4.78 is 34.8. The van der Waals surface area contributed by atoms with Crippen LogP contribution in [0.15, 0.2) is 42.7 Å². The smallest absolute Gasteiger partial charge is 0.341 e. The molecule has 5 rings (SSSR count). The number of nitrogen functional groups attached to an aromatic ring is 1. The van der Waals surface area contributed by atoms with Gasteiger partial charge < -0.3 is 20.1 Å². The van der Waals surface area contributed by atoms with Crippen molar-refractivity contribution in [3.63, 3.8) is 0 Å². The number of hydrogen-bond donors (Lipinski definition) is 2. The maximum Gasteiger partial charge on any atom is 0.341 e. The second-order valence-electron chi connectivity index (χ2n) is 7.91. The van der Waals surface area contributed by atoms with Gasteiger partial charge in [-0.2, -0.15) is 4.31 Å². The molecule has 1 atom stereocenters. The number of fused-ring (bicyclic) bond motifs is 1. The van der Waals surface area contributed by atoms with Crippen molar-refractivity contribution in [3.8, 4) is 11.4 Å². The van der Waals surface area contributed by atoms with Gasteiger partial charge in [-0.3, -0.25) is 4.55 Å². The summed E-state index contributed by atoms with van der Waals surface area (Å²) >= 11 is -1.25. The molecule has 12 nitrogen and oxygen atoms in total. The summed E-state index contributed by atoms with van der Waals surface area (Å²) in [6.07, 6.45) is 2.51. The Morgan fingerprint density at radius 2 is 1.92 bits per heavy atom. The zero-order valence-electron chi connectivity index (χ0n) is 19.7. The lowest BCUT2D eigenvalue weighted by atomic mass is 10.2. The fourth-order valence-electron chi connectivity index (χ4n) is 3.74. The van der Waals surface area contributed by atoms with Gasteiger partial charge in [0, 0.05) is 42.8 Å². The topological polar surface area (TPSA) is 157 Å². The summed E-state index contributed by atoms with van der Waals surface area (Å²) in [4.78, 5) is 31.9. The number of aromatic nitrogens is 4. The number of nitrogens with two attached hydrogens (primary N) is 1. The summed E-state index contributed by atoms with van der Waals surface area (Å²) in [6, 6.07) is 8.96. The molecule has 0 saturated carbocycles. The number of anilines is 4. The lowest BCUT2D eigenvalue weighted by molar-refractivity contribution is 0.0525. The molecular formula is C23H23N7O5S2. The van der Waals surface area contributed by atoms with E-state index in [1.165, 1.54) is 23.7 Å². The highest BCUT2D eigenvalue weighted by atomic mass is 32.2. The van der Waals surface area contributed by atoms with Gasteiger partial charge in [-0.15, -0.1) is 11.3 Å². The maximum atomic E-state index is 12.4. The molecule has 1 aliphatic heterocycles. The van der Waals surface area contributed by atoms with Crippen molar-refractivity contribution < 1.29 is 23.0 Å². The van der Waals surface area contributed by atoms with Gasteiger partial charge in [-0.25, -0.2) is 28.9 Å². The van der Waals surface area contributed by atoms with E-state index >= 15 is 0 Å². The Kier molecular flexibility index (Phi) is 7.23. The number of esters is 1. The van der Waals surface area contributed by atoms with Crippen LogP contribution in [0.25, 0.3) is 21.6 Å². The summed E-state index contributed by atoms with van der Waals surface area (Å²) in [5, 5.41) is 0.387. The van der Waals surface area contributed by atoms with Gasteiger partial charge in [0.15, 0.2) is 11.6 Å². The van der Waals surface area contributed by atoms with Gasteiger partial charge in [0.2, 0.25) is 5.95 Å². The normalized spacial score (nSPS) is 14.5. The number of ether oxygens (including phenoxy) is 2. The van der Waals surface area contributed by atoms with Gasteiger partial charge in [-0.1, -0.05) is 0 Å².